The van der Waals surface area contributed by atoms with E-state index in [2.05, 4.69) is 44.1 Å². The molecule has 2 heterocycles. The first-order valence-electron chi connectivity index (χ1n) is 17.0. The average molecular weight is 633 g/mol. The average Bonchev–Trinajstić information content (AvgIpc) is 3.60. The Labute approximate surface area is 273 Å². The van der Waals surface area contributed by atoms with Gasteiger partial charge >= 0.3 is 0 Å². The number of hydrogen-bond donors (Lipinski definition) is 1. The Bertz CT molecular complexity index is 1340. The minimum absolute atomic E-state index is 0.145. The van der Waals surface area contributed by atoms with Gasteiger partial charge in [0.1, 0.15) is 24.4 Å². The van der Waals surface area contributed by atoms with Gasteiger partial charge in [0.15, 0.2) is 0 Å². The van der Waals surface area contributed by atoms with Gasteiger partial charge in [0.25, 0.3) is 0 Å². The number of halogens is 1. The van der Waals surface area contributed by atoms with E-state index in [1.54, 1.807) is 13.4 Å². The summed E-state index contributed by atoms with van der Waals surface area (Å²) in [5.74, 6) is 1.70. The molecular formula is C36H49ClN6O2. The first kappa shape index (κ1) is 31.9. The molecule has 6 rings (SSSR count). The van der Waals surface area contributed by atoms with E-state index in [1.807, 2.05) is 35.3 Å². The summed E-state index contributed by atoms with van der Waals surface area (Å²) < 4.78 is 7.51. The Morgan fingerprint density at radius 1 is 1.00 bits per heavy atom. The minimum atomic E-state index is -0.337. The predicted octanol–water partition coefficient (Wildman–Crippen LogP) is 6.52. The first-order chi connectivity index (χ1) is 21.9. The molecule has 0 radical (unpaired) electrons. The zero-order chi connectivity index (χ0) is 31.2. The van der Waals surface area contributed by atoms with Crippen LogP contribution in [0.1, 0.15) is 76.2 Å². The molecule has 3 fully saturated rings. The molecular weight excluding hydrogens is 584 g/mol. The number of carbonyl (C=O) groups is 1. The third kappa shape index (κ3) is 7.49. The van der Waals surface area contributed by atoms with Gasteiger partial charge in [-0.2, -0.15) is 5.10 Å². The number of piperidine rings is 1. The molecule has 1 atom stereocenters. The summed E-state index contributed by atoms with van der Waals surface area (Å²) in [6.45, 7) is 2.43. The highest BCUT2D eigenvalue weighted by atomic mass is 35.5. The van der Waals surface area contributed by atoms with Crippen LogP contribution >= 0.6 is 11.6 Å². The predicted molar refractivity (Wildman–Crippen MR) is 179 cm³/mol. The van der Waals surface area contributed by atoms with Gasteiger partial charge in [-0.1, -0.05) is 43.0 Å². The Morgan fingerprint density at radius 2 is 1.69 bits per heavy atom. The lowest BCUT2D eigenvalue weighted by Crippen LogP contribution is -2.57. The number of amides is 1. The molecule has 1 aromatic heterocycles. The second-order valence-corrected chi connectivity index (χ2v) is 14.1. The maximum absolute atomic E-state index is 14.9. The Morgan fingerprint density at radius 3 is 2.31 bits per heavy atom. The highest BCUT2D eigenvalue weighted by Gasteiger charge is 2.45. The van der Waals surface area contributed by atoms with E-state index in [1.165, 1.54) is 32.1 Å². The lowest BCUT2D eigenvalue weighted by molar-refractivity contribution is -0.136. The molecule has 1 aliphatic heterocycles. The molecule has 9 heteroatoms. The molecule has 3 aliphatic rings. The SMILES string of the molecule is COc1ccc(N([C@H]2CC[C@@H](N)CC2)[C@H](Cc2ccc(Cl)cc2)C(=O)N2CCC(Cn3cncn3)(C3CCCCC3)CC2)cc1. The van der Waals surface area contributed by atoms with Gasteiger partial charge < -0.3 is 20.3 Å². The molecule has 242 valence electrons. The number of methoxy groups -OCH3 is 1. The van der Waals surface area contributed by atoms with Crippen molar-refractivity contribution < 1.29 is 9.53 Å². The number of benzene rings is 2. The van der Waals surface area contributed by atoms with Crippen LogP contribution in [0.15, 0.2) is 61.2 Å². The first-order valence-corrected chi connectivity index (χ1v) is 17.4. The van der Waals surface area contributed by atoms with Gasteiger partial charge in [0.05, 0.1) is 7.11 Å². The second-order valence-electron chi connectivity index (χ2n) is 13.6. The molecule has 1 amide bonds. The fourth-order valence-corrected chi connectivity index (χ4v) is 8.48. The van der Waals surface area contributed by atoms with Crippen molar-refractivity contribution in [2.24, 2.45) is 17.1 Å². The molecule has 0 bridgehead atoms. The van der Waals surface area contributed by atoms with E-state index >= 15 is 0 Å². The number of rotatable bonds is 10. The number of nitrogens with two attached hydrogens (primary N) is 1. The molecule has 8 nitrogen and oxygen atoms in total. The third-order valence-electron chi connectivity index (χ3n) is 11.0. The zero-order valence-corrected chi connectivity index (χ0v) is 27.5. The molecule has 2 aliphatic carbocycles. The number of anilines is 1. The van der Waals surface area contributed by atoms with Crippen molar-refractivity contribution in [2.45, 2.75) is 102 Å². The van der Waals surface area contributed by atoms with Crippen LogP contribution in [-0.4, -0.2) is 63.9 Å². The van der Waals surface area contributed by atoms with Crippen LogP contribution in [0.25, 0.3) is 0 Å². The van der Waals surface area contributed by atoms with Crippen LogP contribution in [0, 0.1) is 11.3 Å². The summed E-state index contributed by atoms with van der Waals surface area (Å²) in [6.07, 6.45) is 16.5. The van der Waals surface area contributed by atoms with Crippen LogP contribution in [-0.2, 0) is 17.8 Å². The maximum atomic E-state index is 14.9. The lowest BCUT2D eigenvalue weighted by atomic mass is 9.63. The smallest absolute Gasteiger partial charge is 0.245 e. The summed E-state index contributed by atoms with van der Waals surface area (Å²) in [5, 5.41) is 5.21. The van der Waals surface area contributed by atoms with E-state index < -0.39 is 0 Å². The van der Waals surface area contributed by atoms with Crippen molar-refractivity contribution in [3.05, 3.63) is 71.8 Å². The van der Waals surface area contributed by atoms with Crippen LogP contribution in [0.5, 0.6) is 5.75 Å². The molecule has 2 aromatic carbocycles. The van der Waals surface area contributed by atoms with Gasteiger partial charge in [-0.3, -0.25) is 9.48 Å². The topological polar surface area (TPSA) is 89.5 Å². The quantitative estimate of drug-likeness (QED) is 0.274. The second kappa shape index (κ2) is 14.5. The molecule has 45 heavy (non-hydrogen) atoms. The molecule has 2 saturated carbocycles. The zero-order valence-electron chi connectivity index (χ0n) is 26.7. The van der Waals surface area contributed by atoms with Crippen LogP contribution in [0.4, 0.5) is 5.69 Å². The standard InChI is InChI=1S/C36H49ClN6O2/c1-45-33-17-15-32(16-18-33)43(31-13-11-30(38)12-14-31)34(23-27-7-9-29(37)10-8-27)35(44)41-21-19-36(20-22-41,24-42-26-39-25-40-42)28-5-3-2-4-6-28/h7-10,15-18,25-26,28,30-31,34H,2-6,11-14,19-24,38H2,1H3/t30-,31+,34-/m1/s1. The minimum Gasteiger partial charge on any atom is -0.497 e. The van der Waals surface area contributed by atoms with Crippen molar-refractivity contribution in [3.63, 3.8) is 0 Å². The van der Waals surface area contributed by atoms with Crippen molar-refractivity contribution in [3.8, 4) is 5.75 Å². The lowest BCUT2D eigenvalue weighted by Gasteiger charge is -2.49. The van der Waals surface area contributed by atoms with Gasteiger partial charge in [-0.05, 0) is 105 Å². The summed E-state index contributed by atoms with van der Waals surface area (Å²) in [7, 11) is 1.69. The summed E-state index contributed by atoms with van der Waals surface area (Å²) >= 11 is 6.28. The van der Waals surface area contributed by atoms with Crippen molar-refractivity contribution in [2.75, 3.05) is 25.1 Å². The number of carbonyl (C=O) groups excluding carboxylic acids is 1. The summed E-state index contributed by atoms with van der Waals surface area (Å²) in [6, 6.07) is 16.3. The van der Waals surface area contributed by atoms with Crippen LogP contribution in [0.2, 0.25) is 5.02 Å². The summed E-state index contributed by atoms with van der Waals surface area (Å²) in [4.78, 5) is 23.7. The normalized spacial score (nSPS) is 23.0. The maximum Gasteiger partial charge on any atom is 0.245 e. The van der Waals surface area contributed by atoms with E-state index in [0.717, 1.165) is 75.2 Å². The molecule has 1 saturated heterocycles. The van der Waals surface area contributed by atoms with E-state index in [-0.39, 0.29) is 29.4 Å². The highest BCUT2D eigenvalue weighted by molar-refractivity contribution is 6.30. The molecule has 0 unspecified atom stereocenters. The fraction of sp³-hybridized carbons (Fsp3) is 0.583. The van der Waals surface area contributed by atoms with E-state index in [0.29, 0.717) is 17.4 Å². The largest absolute Gasteiger partial charge is 0.497 e. The van der Waals surface area contributed by atoms with Crippen molar-refractivity contribution in [1.29, 1.82) is 0 Å². The van der Waals surface area contributed by atoms with Crippen molar-refractivity contribution in [1.82, 2.24) is 19.7 Å². The van der Waals surface area contributed by atoms with Gasteiger partial charge in [0, 0.05) is 48.8 Å². The van der Waals surface area contributed by atoms with E-state index in [4.69, 9.17) is 22.1 Å². The van der Waals surface area contributed by atoms with Crippen molar-refractivity contribution >= 4 is 23.2 Å². The van der Waals surface area contributed by atoms with Crippen LogP contribution in [0.3, 0.4) is 0 Å². The molecule has 3 aromatic rings. The number of ether oxygens (including phenoxy) is 1. The molecule has 0 spiro atoms. The summed E-state index contributed by atoms with van der Waals surface area (Å²) in [5.41, 5.74) is 8.68. The number of nitrogens with zero attached hydrogens (tertiary/aromatic N) is 5. The molecule has 2 N–H and O–H groups in total. The number of likely N-dealkylation sites (tertiary alicyclic amines) is 1. The highest BCUT2D eigenvalue weighted by Crippen LogP contribution is 2.47. The number of hydrogen-bond acceptors (Lipinski definition) is 6. The Hall–Kier alpha value is -3.10. The van der Waals surface area contributed by atoms with E-state index in [9.17, 15) is 4.79 Å². The monoisotopic (exact) mass is 632 g/mol. The fourth-order valence-electron chi connectivity index (χ4n) is 8.36. The van der Waals surface area contributed by atoms with Gasteiger partial charge in [-0.25, -0.2) is 4.98 Å². The van der Waals surface area contributed by atoms with Gasteiger partial charge in [0.2, 0.25) is 5.91 Å². The third-order valence-corrected chi connectivity index (χ3v) is 11.2. The Kier molecular flexibility index (Phi) is 10.3. The van der Waals surface area contributed by atoms with Crippen LogP contribution < -0.4 is 15.4 Å². The van der Waals surface area contributed by atoms with Gasteiger partial charge in [-0.15, -0.1) is 0 Å². The Balaban J connectivity index is 1.29. The number of aromatic nitrogens is 3.